The standard InChI is InChI=1S/C20H28FN.2C2H6/c1-5-7-10-20-16(4)12-15(3)18(14-19(21)6-2)13-17(20)9-8-11-22;2*1-2/h5-7,10,14,17H,1-2,8-9,11-13,22H2,3-4H3;2*1-2H3/b10-7-,19-14+;;. The number of halogens is 1. The molecule has 0 saturated heterocycles. The highest BCUT2D eigenvalue weighted by molar-refractivity contribution is 5.40. The molecule has 0 radical (unpaired) electrons. The molecule has 26 heavy (non-hydrogen) atoms. The van der Waals surface area contributed by atoms with Gasteiger partial charge in [-0.1, -0.05) is 70.2 Å². The van der Waals surface area contributed by atoms with Crippen LogP contribution in [0.25, 0.3) is 0 Å². The van der Waals surface area contributed by atoms with E-state index in [4.69, 9.17) is 5.73 Å². The Morgan fingerprint density at radius 2 is 1.77 bits per heavy atom. The van der Waals surface area contributed by atoms with E-state index in [2.05, 4.69) is 33.1 Å². The maximum absolute atomic E-state index is 13.6. The molecule has 0 fully saturated rings. The molecule has 0 heterocycles. The Kier molecular flexibility index (Phi) is 17.1. The second-order valence-corrected chi connectivity index (χ2v) is 5.88. The SMILES string of the molecule is C=C/C=C\C1=C(C)CC(C)=C(/C=C(/F)C=C)CC1CCCN.CC.CC. The molecule has 2 N–H and O–H groups in total. The van der Waals surface area contributed by atoms with Gasteiger partial charge < -0.3 is 5.73 Å². The molecule has 0 aromatic carbocycles. The molecule has 0 saturated carbocycles. The summed E-state index contributed by atoms with van der Waals surface area (Å²) in [5.74, 6) is 0.107. The number of hydrogen-bond donors (Lipinski definition) is 1. The molecule has 0 spiro atoms. The molecule has 2 heteroatoms. The largest absolute Gasteiger partial charge is 0.330 e. The van der Waals surface area contributed by atoms with Crippen molar-refractivity contribution in [2.24, 2.45) is 11.7 Å². The van der Waals surface area contributed by atoms with E-state index in [-0.39, 0.29) is 5.83 Å². The average molecular weight is 362 g/mol. The number of rotatable bonds is 7. The lowest BCUT2D eigenvalue weighted by atomic mass is 9.86. The summed E-state index contributed by atoms with van der Waals surface area (Å²) < 4.78 is 13.6. The first kappa shape index (κ1) is 26.6. The van der Waals surface area contributed by atoms with Crippen LogP contribution in [0.2, 0.25) is 0 Å². The highest BCUT2D eigenvalue weighted by atomic mass is 19.1. The molecule has 0 bridgehead atoms. The summed E-state index contributed by atoms with van der Waals surface area (Å²) in [4.78, 5) is 0. The zero-order valence-electron chi connectivity index (χ0n) is 17.9. The molecule has 148 valence electrons. The van der Waals surface area contributed by atoms with Crippen LogP contribution in [0.5, 0.6) is 0 Å². The van der Waals surface area contributed by atoms with Crippen molar-refractivity contribution in [1.82, 2.24) is 0 Å². The quantitative estimate of drug-likeness (QED) is 0.464. The molecule has 1 rings (SSSR count). The van der Waals surface area contributed by atoms with Crippen LogP contribution < -0.4 is 5.73 Å². The first-order valence-corrected chi connectivity index (χ1v) is 9.90. The molecular formula is C24H40FN. The highest BCUT2D eigenvalue weighted by Crippen LogP contribution is 2.36. The van der Waals surface area contributed by atoms with E-state index in [1.807, 2.05) is 33.8 Å². The molecule has 1 aliphatic rings. The van der Waals surface area contributed by atoms with Gasteiger partial charge >= 0.3 is 0 Å². The lowest BCUT2D eigenvalue weighted by molar-refractivity contribution is 0.544. The highest BCUT2D eigenvalue weighted by Gasteiger charge is 2.21. The van der Waals surface area contributed by atoms with Crippen LogP contribution in [0.1, 0.15) is 67.2 Å². The zero-order valence-corrected chi connectivity index (χ0v) is 17.9. The number of allylic oxidation sites excluding steroid dienone is 10. The average Bonchev–Trinajstić information content (AvgIpc) is 2.78. The molecule has 0 aliphatic heterocycles. The molecule has 0 aromatic rings. The smallest absolute Gasteiger partial charge is 0.122 e. The van der Waals surface area contributed by atoms with Gasteiger partial charge in [-0.25, -0.2) is 4.39 Å². The fraction of sp³-hybridized carbons (Fsp3) is 0.500. The Morgan fingerprint density at radius 1 is 1.15 bits per heavy atom. The summed E-state index contributed by atoms with van der Waals surface area (Å²) >= 11 is 0. The Balaban J connectivity index is 0. The van der Waals surface area contributed by atoms with E-state index in [1.54, 1.807) is 12.2 Å². The lowest BCUT2D eigenvalue weighted by Crippen LogP contribution is -2.08. The first-order chi connectivity index (χ1) is 12.5. The number of nitrogens with two attached hydrogens (primary N) is 1. The minimum atomic E-state index is -0.269. The Hall–Kier alpha value is -1.67. The second kappa shape index (κ2) is 16.8. The van der Waals surface area contributed by atoms with Gasteiger partial charge in [-0.15, -0.1) is 0 Å². The monoisotopic (exact) mass is 361 g/mol. The summed E-state index contributed by atoms with van der Waals surface area (Å²) in [7, 11) is 0. The molecule has 1 aliphatic carbocycles. The molecule has 1 nitrogen and oxygen atoms in total. The van der Waals surface area contributed by atoms with Crippen molar-refractivity contribution in [3.05, 3.63) is 71.7 Å². The van der Waals surface area contributed by atoms with Gasteiger partial charge in [0.1, 0.15) is 5.83 Å². The molecule has 1 unspecified atom stereocenters. The van der Waals surface area contributed by atoms with E-state index in [9.17, 15) is 4.39 Å². The topological polar surface area (TPSA) is 26.0 Å². The van der Waals surface area contributed by atoms with Crippen molar-refractivity contribution in [3.8, 4) is 0 Å². The number of hydrogen-bond acceptors (Lipinski definition) is 1. The third-order valence-corrected chi connectivity index (χ3v) is 4.15. The lowest BCUT2D eigenvalue weighted by Gasteiger charge is -2.19. The fourth-order valence-corrected chi connectivity index (χ4v) is 2.99. The summed E-state index contributed by atoms with van der Waals surface area (Å²) in [5.41, 5.74) is 10.7. The van der Waals surface area contributed by atoms with Crippen LogP contribution in [0, 0.1) is 5.92 Å². The van der Waals surface area contributed by atoms with Crippen molar-refractivity contribution < 1.29 is 4.39 Å². The fourth-order valence-electron chi connectivity index (χ4n) is 2.99. The summed E-state index contributed by atoms with van der Waals surface area (Å²) in [6, 6.07) is 0. The van der Waals surface area contributed by atoms with Crippen LogP contribution in [-0.2, 0) is 0 Å². The maximum atomic E-state index is 13.6. The van der Waals surface area contributed by atoms with Gasteiger partial charge in [0.15, 0.2) is 0 Å². The Morgan fingerprint density at radius 3 is 2.27 bits per heavy atom. The van der Waals surface area contributed by atoms with Crippen molar-refractivity contribution >= 4 is 0 Å². The maximum Gasteiger partial charge on any atom is 0.122 e. The summed E-state index contributed by atoms with van der Waals surface area (Å²) in [6.45, 7) is 20.2. The third-order valence-electron chi connectivity index (χ3n) is 4.15. The normalized spacial score (nSPS) is 17.8. The molecular weight excluding hydrogens is 321 g/mol. The minimum absolute atomic E-state index is 0.269. The van der Waals surface area contributed by atoms with E-state index in [0.29, 0.717) is 12.5 Å². The van der Waals surface area contributed by atoms with Gasteiger partial charge in [-0.05, 0) is 75.3 Å². The van der Waals surface area contributed by atoms with Crippen molar-refractivity contribution in [2.75, 3.05) is 6.54 Å². The molecule has 0 amide bonds. The van der Waals surface area contributed by atoms with E-state index in [0.717, 1.165) is 31.3 Å². The zero-order chi connectivity index (χ0) is 20.5. The predicted molar refractivity (Wildman–Crippen MR) is 118 cm³/mol. The van der Waals surface area contributed by atoms with Crippen LogP contribution in [0.4, 0.5) is 4.39 Å². The van der Waals surface area contributed by atoms with Gasteiger partial charge in [-0.2, -0.15) is 0 Å². The van der Waals surface area contributed by atoms with Gasteiger partial charge in [-0.3, -0.25) is 0 Å². The van der Waals surface area contributed by atoms with Crippen LogP contribution >= 0.6 is 0 Å². The Bertz CT molecular complexity index is 532. The minimum Gasteiger partial charge on any atom is -0.330 e. The van der Waals surface area contributed by atoms with Crippen molar-refractivity contribution in [1.29, 1.82) is 0 Å². The van der Waals surface area contributed by atoms with Crippen molar-refractivity contribution in [3.63, 3.8) is 0 Å². The second-order valence-electron chi connectivity index (χ2n) is 5.88. The van der Waals surface area contributed by atoms with Gasteiger partial charge in [0.2, 0.25) is 0 Å². The van der Waals surface area contributed by atoms with Crippen LogP contribution in [0.15, 0.2) is 71.7 Å². The van der Waals surface area contributed by atoms with Gasteiger partial charge in [0, 0.05) is 0 Å². The molecule has 1 atom stereocenters. The predicted octanol–water partition coefficient (Wildman–Crippen LogP) is 7.60. The van der Waals surface area contributed by atoms with Crippen LogP contribution in [0.3, 0.4) is 0 Å². The van der Waals surface area contributed by atoms with E-state index in [1.165, 1.54) is 22.8 Å². The van der Waals surface area contributed by atoms with E-state index >= 15 is 0 Å². The van der Waals surface area contributed by atoms with Gasteiger partial charge in [0.25, 0.3) is 0 Å². The van der Waals surface area contributed by atoms with E-state index < -0.39 is 0 Å². The van der Waals surface area contributed by atoms with Crippen LogP contribution in [-0.4, -0.2) is 6.54 Å². The summed E-state index contributed by atoms with van der Waals surface area (Å²) in [6.07, 6.45) is 12.5. The third kappa shape index (κ3) is 9.72. The van der Waals surface area contributed by atoms with Crippen molar-refractivity contribution in [2.45, 2.75) is 67.2 Å². The first-order valence-electron chi connectivity index (χ1n) is 9.90. The Labute approximate surface area is 162 Å². The molecule has 0 aromatic heterocycles. The van der Waals surface area contributed by atoms with Gasteiger partial charge in [0.05, 0.1) is 0 Å². The summed E-state index contributed by atoms with van der Waals surface area (Å²) in [5, 5.41) is 0.